The van der Waals surface area contributed by atoms with E-state index in [1.807, 2.05) is 36.4 Å². The number of nitriles is 1. The number of nitrogens with zero attached hydrogens (tertiary/aromatic N) is 4. The van der Waals surface area contributed by atoms with Crippen LogP contribution in [0.3, 0.4) is 0 Å². The molecule has 1 amide bonds. The van der Waals surface area contributed by atoms with Gasteiger partial charge >= 0.3 is 0 Å². The smallest absolute Gasteiger partial charge is 0.277 e. The standard InChI is InChI=1S/C16H11N5O/c17-10-12-6-8-13(9-7-12)19-16(22)15-11-18-21(20-15)14-4-2-1-3-5-14/h1-9,11H,(H,19,22). The summed E-state index contributed by atoms with van der Waals surface area (Å²) in [5.74, 6) is -0.355. The summed E-state index contributed by atoms with van der Waals surface area (Å²) >= 11 is 0. The van der Waals surface area contributed by atoms with Gasteiger partial charge in [-0.3, -0.25) is 4.79 Å². The minimum Gasteiger partial charge on any atom is -0.321 e. The summed E-state index contributed by atoms with van der Waals surface area (Å²) in [5.41, 5.74) is 2.12. The van der Waals surface area contributed by atoms with Crippen molar-refractivity contribution in [2.75, 3.05) is 5.32 Å². The number of anilines is 1. The normalized spacial score (nSPS) is 9.95. The van der Waals surface area contributed by atoms with Crippen LogP contribution in [0.2, 0.25) is 0 Å². The molecule has 3 rings (SSSR count). The predicted octanol–water partition coefficient (Wildman–Crippen LogP) is 2.39. The molecule has 1 N–H and O–H groups in total. The maximum atomic E-state index is 12.1. The van der Waals surface area contributed by atoms with Crippen LogP contribution in [0.15, 0.2) is 60.8 Å². The van der Waals surface area contributed by atoms with Crippen molar-refractivity contribution >= 4 is 11.6 Å². The Kier molecular flexibility index (Phi) is 3.62. The van der Waals surface area contributed by atoms with Crippen LogP contribution in [0.1, 0.15) is 16.1 Å². The minimum atomic E-state index is -0.355. The van der Waals surface area contributed by atoms with Gasteiger partial charge in [0, 0.05) is 5.69 Å². The van der Waals surface area contributed by atoms with Crippen LogP contribution in [0.5, 0.6) is 0 Å². The van der Waals surface area contributed by atoms with Gasteiger partial charge in [-0.05, 0) is 36.4 Å². The number of nitrogens with one attached hydrogen (secondary N) is 1. The molecule has 0 unspecified atom stereocenters. The van der Waals surface area contributed by atoms with E-state index in [0.29, 0.717) is 11.3 Å². The zero-order chi connectivity index (χ0) is 15.4. The van der Waals surface area contributed by atoms with Crippen molar-refractivity contribution in [1.29, 1.82) is 5.26 Å². The Morgan fingerprint density at radius 1 is 1.09 bits per heavy atom. The van der Waals surface area contributed by atoms with Crippen LogP contribution >= 0.6 is 0 Å². The molecule has 0 aliphatic heterocycles. The lowest BCUT2D eigenvalue weighted by molar-refractivity contribution is 0.102. The lowest BCUT2D eigenvalue weighted by Gasteiger charge is -2.02. The molecule has 0 aliphatic carbocycles. The Labute approximate surface area is 126 Å². The van der Waals surface area contributed by atoms with Crippen molar-refractivity contribution in [3.05, 3.63) is 72.1 Å². The van der Waals surface area contributed by atoms with E-state index in [9.17, 15) is 4.79 Å². The molecule has 0 atom stereocenters. The average Bonchev–Trinajstić information content (AvgIpc) is 3.06. The number of rotatable bonds is 3. The van der Waals surface area contributed by atoms with E-state index in [0.717, 1.165) is 5.69 Å². The third-order valence-corrected chi connectivity index (χ3v) is 2.98. The van der Waals surface area contributed by atoms with E-state index in [4.69, 9.17) is 5.26 Å². The Balaban J connectivity index is 1.75. The highest BCUT2D eigenvalue weighted by molar-refractivity contribution is 6.02. The molecular formula is C16H11N5O. The maximum absolute atomic E-state index is 12.1. The van der Waals surface area contributed by atoms with E-state index in [1.165, 1.54) is 11.0 Å². The van der Waals surface area contributed by atoms with Gasteiger partial charge in [-0.1, -0.05) is 18.2 Å². The van der Waals surface area contributed by atoms with Crippen LogP contribution in [0.25, 0.3) is 5.69 Å². The summed E-state index contributed by atoms with van der Waals surface area (Å²) in [5, 5.41) is 19.7. The molecule has 0 saturated heterocycles. The molecule has 0 spiro atoms. The fourth-order valence-electron chi connectivity index (χ4n) is 1.88. The molecule has 2 aromatic carbocycles. The monoisotopic (exact) mass is 289 g/mol. The maximum Gasteiger partial charge on any atom is 0.277 e. The molecule has 0 aliphatic rings. The molecule has 0 radical (unpaired) electrons. The van der Waals surface area contributed by atoms with Gasteiger partial charge in [0.25, 0.3) is 5.91 Å². The first-order valence-electron chi connectivity index (χ1n) is 6.55. The highest BCUT2D eigenvalue weighted by atomic mass is 16.2. The van der Waals surface area contributed by atoms with Crippen LogP contribution < -0.4 is 5.32 Å². The zero-order valence-corrected chi connectivity index (χ0v) is 11.5. The topological polar surface area (TPSA) is 83.6 Å². The van der Waals surface area contributed by atoms with Crippen molar-refractivity contribution in [3.63, 3.8) is 0 Å². The summed E-state index contributed by atoms with van der Waals surface area (Å²) in [6.07, 6.45) is 1.41. The van der Waals surface area contributed by atoms with Crippen LogP contribution in [0, 0.1) is 11.3 Å². The van der Waals surface area contributed by atoms with Crippen molar-refractivity contribution in [2.45, 2.75) is 0 Å². The number of hydrogen-bond donors (Lipinski definition) is 1. The van der Waals surface area contributed by atoms with Crippen molar-refractivity contribution in [3.8, 4) is 11.8 Å². The number of hydrogen-bond acceptors (Lipinski definition) is 4. The van der Waals surface area contributed by atoms with E-state index >= 15 is 0 Å². The van der Waals surface area contributed by atoms with E-state index < -0.39 is 0 Å². The van der Waals surface area contributed by atoms with Gasteiger partial charge in [-0.25, -0.2) is 0 Å². The second-order valence-electron chi connectivity index (χ2n) is 4.50. The second-order valence-corrected chi connectivity index (χ2v) is 4.50. The van der Waals surface area contributed by atoms with Crippen LogP contribution in [-0.4, -0.2) is 20.9 Å². The van der Waals surface area contributed by atoms with Crippen LogP contribution in [0.4, 0.5) is 5.69 Å². The lowest BCUT2D eigenvalue weighted by Crippen LogP contribution is -2.13. The Morgan fingerprint density at radius 3 is 2.50 bits per heavy atom. The molecule has 0 bridgehead atoms. The number of amides is 1. The summed E-state index contributed by atoms with van der Waals surface area (Å²) in [4.78, 5) is 13.5. The fraction of sp³-hybridized carbons (Fsp3) is 0. The summed E-state index contributed by atoms with van der Waals surface area (Å²) in [7, 11) is 0. The van der Waals surface area contributed by atoms with Gasteiger partial charge in [0.1, 0.15) is 0 Å². The molecule has 22 heavy (non-hydrogen) atoms. The van der Waals surface area contributed by atoms with Gasteiger partial charge in [0.2, 0.25) is 0 Å². The van der Waals surface area contributed by atoms with Gasteiger partial charge in [-0.15, -0.1) is 5.10 Å². The number of carbonyl (C=O) groups excluding carboxylic acids is 1. The number of aromatic nitrogens is 3. The molecule has 1 aromatic heterocycles. The Hall–Kier alpha value is -3.46. The average molecular weight is 289 g/mol. The van der Waals surface area contributed by atoms with E-state index in [-0.39, 0.29) is 11.6 Å². The molecule has 106 valence electrons. The molecule has 6 nitrogen and oxygen atoms in total. The molecule has 0 fully saturated rings. The zero-order valence-electron chi connectivity index (χ0n) is 11.5. The minimum absolute atomic E-state index is 0.216. The number of benzene rings is 2. The number of carbonyl (C=O) groups is 1. The van der Waals surface area contributed by atoms with Crippen LogP contribution in [-0.2, 0) is 0 Å². The summed E-state index contributed by atoms with van der Waals surface area (Å²) in [6, 6.07) is 18.0. The first kappa shape index (κ1) is 13.5. The first-order valence-corrected chi connectivity index (χ1v) is 6.55. The highest BCUT2D eigenvalue weighted by Crippen LogP contribution is 2.10. The first-order chi connectivity index (χ1) is 10.8. The van der Waals surface area contributed by atoms with E-state index in [1.54, 1.807) is 24.3 Å². The molecule has 6 heteroatoms. The van der Waals surface area contributed by atoms with Gasteiger partial charge < -0.3 is 5.32 Å². The number of para-hydroxylation sites is 1. The third kappa shape index (κ3) is 2.83. The fourth-order valence-corrected chi connectivity index (χ4v) is 1.88. The second kappa shape index (κ2) is 5.89. The molecule has 0 saturated carbocycles. The van der Waals surface area contributed by atoms with Gasteiger partial charge in [0.15, 0.2) is 5.69 Å². The molecule has 1 heterocycles. The van der Waals surface area contributed by atoms with Crippen molar-refractivity contribution in [1.82, 2.24) is 15.0 Å². The molecule has 3 aromatic rings. The highest BCUT2D eigenvalue weighted by Gasteiger charge is 2.11. The predicted molar refractivity (Wildman–Crippen MR) is 80.5 cm³/mol. The van der Waals surface area contributed by atoms with Gasteiger partial charge in [-0.2, -0.15) is 15.2 Å². The SMILES string of the molecule is N#Cc1ccc(NC(=O)c2cnn(-c3ccccc3)n2)cc1. The van der Waals surface area contributed by atoms with Crippen molar-refractivity contribution < 1.29 is 4.79 Å². The summed E-state index contributed by atoms with van der Waals surface area (Å²) in [6.45, 7) is 0. The van der Waals surface area contributed by atoms with Gasteiger partial charge in [0.05, 0.1) is 23.5 Å². The quantitative estimate of drug-likeness (QED) is 0.802. The Morgan fingerprint density at radius 2 is 1.82 bits per heavy atom. The Bertz CT molecular complexity index is 831. The largest absolute Gasteiger partial charge is 0.321 e. The van der Waals surface area contributed by atoms with Crippen molar-refractivity contribution in [2.24, 2.45) is 0 Å². The summed E-state index contributed by atoms with van der Waals surface area (Å²) < 4.78 is 0. The lowest BCUT2D eigenvalue weighted by atomic mass is 10.2. The third-order valence-electron chi connectivity index (χ3n) is 2.98. The molecular weight excluding hydrogens is 278 g/mol. The van der Waals surface area contributed by atoms with E-state index in [2.05, 4.69) is 15.5 Å².